The minimum atomic E-state index is -0.141. The minimum absolute atomic E-state index is 0.141. The molecule has 5 heteroatoms. The van der Waals surface area contributed by atoms with Gasteiger partial charge in [-0.3, -0.25) is 9.48 Å². The maximum absolute atomic E-state index is 12.1. The SMILES string of the molecule is CCc1nn(C)cc1C(=O)NCc1cccc(C#N)c1. The Morgan fingerprint density at radius 2 is 2.30 bits per heavy atom. The number of nitriles is 1. The quantitative estimate of drug-likeness (QED) is 0.918. The predicted molar refractivity (Wildman–Crippen MR) is 74.9 cm³/mol. The van der Waals surface area contributed by atoms with Crippen LogP contribution in [0.5, 0.6) is 0 Å². The zero-order chi connectivity index (χ0) is 14.5. The zero-order valence-corrected chi connectivity index (χ0v) is 11.6. The first kappa shape index (κ1) is 13.8. The highest BCUT2D eigenvalue weighted by molar-refractivity contribution is 5.95. The number of aromatic nitrogens is 2. The number of amides is 1. The van der Waals surface area contributed by atoms with Gasteiger partial charge >= 0.3 is 0 Å². The zero-order valence-electron chi connectivity index (χ0n) is 11.6. The van der Waals surface area contributed by atoms with Crippen LogP contribution in [-0.4, -0.2) is 15.7 Å². The number of carbonyl (C=O) groups excluding carboxylic acids is 1. The van der Waals surface area contributed by atoms with Gasteiger partial charge in [0.2, 0.25) is 0 Å². The van der Waals surface area contributed by atoms with Crippen molar-refractivity contribution >= 4 is 5.91 Å². The fourth-order valence-corrected chi connectivity index (χ4v) is 2.01. The van der Waals surface area contributed by atoms with Crippen molar-refractivity contribution in [2.75, 3.05) is 0 Å². The van der Waals surface area contributed by atoms with Crippen LogP contribution in [0.3, 0.4) is 0 Å². The van der Waals surface area contributed by atoms with Crippen molar-refractivity contribution in [1.29, 1.82) is 5.26 Å². The standard InChI is InChI=1S/C15H16N4O/c1-3-14-13(10-19(2)18-14)15(20)17-9-12-6-4-5-11(7-12)8-16/h4-7,10H,3,9H2,1-2H3,(H,17,20). The van der Waals surface area contributed by atoms with Gasteiger partial charge in [-0.25, -0.2) is 0 Å². The molecule has 2 rings (SSSR count). The van der Waals surface area contributed by atoms with Gasteiger partial charge in [0.05, 0.1) is 22.9 Å². The molecule has 0 radical (unpaired) electrons. The van der Waals surface area contributed by atoms with Gasteiger partial charge in [0.1, 0.15) is 0 Å². The normalized spacial score (nSPS) is 10.1. The molecule has 102 valence electrons. The number of rotatable bonds is 4. The average molecular weight is 268 g/mol. The van der Waals surface area contributed by atoms with Crippen LogP contribution in [0, 0.1) is 11.3 Å². The van der Waals surface area contributed by atoms with Crippen LogP contribution in [-0.2, 0) is 20.0 Å². The van der Waals surface area contributed by atoms with Gasteiger partial charge in [0.15, 0.2) is 0 Å². The predicted octanol–water partition coefficient (Wildman–Crippen LogP) is 1.78. The Bertz CT molecular complexity index is 667. The van der Waals surface area contributed by atoms with Gasteiger partial charge in [-0.2, -0.15) is 10.4 Å². The molecular formula is C15H16N4O. The third-order valence-corrected chi connectivity index (χ3v) is 2.99. The first-order valence-corrected chi connectivity index (χ1v) is 6.43. The molecule has 1 aromatic carbocycles. The van der Waals surface area contributed by atoms with E-state index in [1.807, 2.05) is 19.1 Å². The molecule has 0 bridgehead atoms. The summed E-state index contributed by atoms with van der Waals surface area (Å²) < 4.78 is 1.64. The third-order valence-electron chi connectivity index (χ3n) is 2.99. The van der Waals surface area contributed by atoms with Crippen LogP contribution in [0.4, 0.5) is 0 Å². The van der Waals surface area contributed by atoms with Crippen LogP contribution in [0.1, 0.15) is 34.1 Å². The molecule has 20 heavy (non-hydrogen) atoms. The molecule has 0 fully saturated rings. The fraction of sp³-hybridized carbons (Fsp3) is 0.267. The lowest BCUT2D eigenvalue weighted by atomic mass is 10.1. The van der Waals surface area contributed by atoms with Gasteiger partial charge in [-0.15, -0.1) is 0 Å². The monoisotopic (exact) mass is 268 g/mol. The Morgan fingerprint density at radius 3 is 3.00 bits per heavy atom. The van der Waals surface area contributed by atoms with E-state index in [9.17, 15) is 4.79 Å². The summed E-state index contributed by atoms with van der Waals surface area (Å²) >= 11 is 0. The first-order chi connectivity index (χ1) is 9.63. The van der Waals surface area contributed by atoms with E-state index < -0.39 is 0 Å². The van der Waals surface area contributed by atoms with Crippen LogP contribution in [0.15, 0.2) is 30.5 Å². The van der Waals surface area contributed by atoms with E-state index in [0.29, 0.717) is 24.1 Å². The van der Waals surface area contributed by atoms with Gasteiger partial charge in [0, 0.05) is 19.8 Å². The molecule has 2 aromatic rings. The van der Waals surface area contributed by atoms with E-state index in [1.165, 1.54) is 0 Å². The lowest BCUT2D eigenvalue weighted by molar-refractivity contribution is 0.0950. The second-order valence-corrected chi connectivity index (χ2v) is 4.51. The molecule has 1 N–H and O–H groups in total. The van der Waals surface area contributed by atoms with Crippen molar-refractivity contribution in [2.45, 2.75) is 19.9 Å². The molecule has 1 amide bonds. The Kier molecular flexibility index (Phi) is 4.16. The second-order valence-electron chi connectivity index (χ2n) is 4.51. The lowest BCUT2D eigenvalue weighted by Crippen LogP contribution is -2.23. The van der Waals surface area contributed by atoms with E-state index in [-0.39, 0.29) is 5.91 Å². The smallest absolute Gasteiger partial charge is 0.255 e. The second kappa shape index (κ2) is 6.02. The van der Waals surface area contributed by atoms with Crippen LogP contribution < -0.4 is 5.32 Å². The van der Waals surface area contributed by atoms with Crippen molar-refractivity contribution in [2.24, 2.45) is 7.05 Å². The third kappa shape index (κ3) is 3.04. The van der Waals surface area contributed by atoms with Crippen LogP contribution in [0.25, 0.3) is 0 Å². The number of nitrogens with zero attached hydrogens (tertiary/aromatic N) is 3. The number of aryl methyl sites for hydroxylation is 2. The molecule has 0 spiro atoms. The maximum Gasteiger partial charge on any atom is 0.255 e. The first-order valence-electron chi connectivity index (χ1n) is 6.43. The Morgan fingerprint density at radius 1 is 1.50 bits per heavy atom. The molecule has 0 saturated heterocycles. The summed E-state index contributed by atoms with van der Waals surface area (Å²) in [5.74, 6) is -0.141. The Labute approximate surface area is 117 Å². The molecule has 1 aromatic heterocycles. The van der Waals surface area contributed by atoms with Crippen molar-refractivity contribution in [3.8, 4) is 6.07 Å². The highest BCUT2D eigenvalue weighted by Gasteiger charge is 2.13. The summed E-state index contributed by atoms with van der Waals surface area (Å²) in [6, 6.07) is 9.28. The topological polar surface area (TPSA) is 70.7 Å². The Hall–Kier alpha value is -2.61. The molecule has 0 atom stereocenters. The summed E-state index contributed by atoms with van der Waals surface area (Å²) in [6.45, 7) is 2.36. The van der Waals surface area contributed by atoms with Crippen LogP contribution >= 0.6 is 0 Å². The number of benzene rings is 1. The highest BCUT2D eigenvalue weighted by Crippen LogP contribution is 2.08. The molecule has 5 nitrogen and oxygen atoms in total. The van der Waals surface area contributed by atoms with Gasteiger partial charge in [-0.1, -0.05) is 19.1 Å². The highest BCUT2D eigenvalue weighted by atomic mass is 16.1. The van der Waals surface area contributed by atoms with Gasteiger partial charge < -0.3 is 5.32 Å². The molecule has 0 aliphatic heterocycles. The summed E-state index contributed by atoms with van der Waals surface area (Å²) in [5.41, 5.74) is 2.88. The maximum atomic E-state index is 12.1. The van der Waals surface area contributed by atoms with Crippen molar-refractivity contribution in [3.63, 3.8) is 0 Å². The summed E-state index contributed by atoms with van der Waals surface area (Å²) in [4.78, 5) is 12.1. The van der Waals surface area contributed by atoms with E-state index in [4.69, 9.17) is 5.26 Å². The van der Waals surface area contributed by atoms with E-state index in [2.05, 4.69) is 16.5 Å². The molecule has 0 saturated carbocycles. The van der Waals surface area contributed by atoms with Crippen LogP contribution in [0.2, 0.25) is 0 Å². The van der Waals surface area contributed by atoms with Gasteiger partial charge in [-0.05, 0) is 24.1 Å². The number of carbonyl (C=O) groups is 1. The van der Waals surface area contributed by atoms with E-state index in [0.717, 1.165) is 11.3 Å². The van der Waals surface area contributed by atoms with E-state index in [1.54, 1.807) is 30.1 Å². The molecule has 0 unspecified atom stereocenters. The number of hydrogen-bond donors (Lipinski definition) is 1. The molecule has 0 aliphatic rings. The van der Waals surface area contributed by atoms with Gasteiger partial charge in [0.25, 0.3) is 5.91 Å². The lowest BCUT2D eigenvalue weighted by Gasteiger charge is -2.05. The van der Waals surface area contributed by atoms with Crippen molar-refractivity contribution in [3.05, 3.63) is 52.8 Å². The fourth-order valence-electron chi connectivity index (χ4n) is 2.01. The average Bonchev–Trinajstić information content (AvgIpc) is 2.86. The van der Waals surface area contributed by atoms with Crippen molar-refractivity contribution in [1.82, 2.24) is 15.1 Å². The summed E-state index contributed by atoms with van der Waals surface area (Å²) in [6.07, 6.45) is 2.44. The number of hydrogen-bond acceptors (Lipinski definition) is 3. The largest absolute Gasteiger partial charge is 0.348 e. The molecular weight excluding hydrogens is 252 g/mol. The number of nitrogens with one attached hydrogen (secondary N) is 1. The van der Waals surface area contributed by atoms with Crippen molar-refractivity contribution < 1.29 is 4.79 Å². The minimum Gasteiger partial charge on any atom is -0.348 e. The summed E-state index contributed by atoms with van der Waals surface area (Å²) in [7, 11) is 1.80. The Balaban J connectivity index is 2.06. The molecule has 0 aliphatic carbocycles. The van der Waals surface area contributed by atoms with E-state index >= 15 is 0 Å². The summed E-state index contributed by atoms with van der Waals surface area (Å²) in [5, 5.41) is 15.9. The molecule has 1 heterocycles.